The van der Waals surface area contributed by atoms with Crippen molar-refractivity contribution in [2.75, 3.05) is 0 Å². The molecule has 0 aromatic rings. The molecule has 0 heterocycles. The van der Waals surface area contributed by atoms with Crippen LogP contribution in [0.25, 0.3) is 0 Å². The number of carbonyl (C=O) groups is 6. The van der Waals surface area contributed by atoms with Gasteiger partial charge in [0.15, 0.2) is 0 Å². The van der Waals surface area contributed by atoms with E-state index in [-0.39, 0.29) is 57.9 Å². The summed E-state index contributed by atoms with van der Waals surface area (Å²) in [6.07, 6.45) is 34.5. The maximum atomic E-state index is 12.1. The largest absolute Gasteiger partial charge is 0.456 e. The molecule has 18 aliphatic rings. The van der Waals surface area contributed by atoms with E-state index in [1.54, 1.807) is 41.5 Å². The first-order chi connectivity index (χ1) is 46.7. The van der Waals surface area contributed by atoms with E-state index in [9.17, 15) is 37.2 Å². The lowest BCUT2D eigenvalue weighted by molar-refractivity contribution is -0.221. The van der Waals surface area contributed by atoms with E-state index >= 15 is 0 Å². The molecule has 16 bridgehead atoms. The van der Waals surface area contributed by atoms with Crippen LogP contribution in [0.1, 0.15) is 282 Å². The lowest BCUT2D eigenvalue weighted by atomic mass is 9.47. The molecule has 100 heavy (non-hydrogen) atoms. The number of carbonyl (C=O) groups excluding carboxylic acids is 6. The molecule has 18 fully saturated rings. The van der Waals surface area contributed by atoms with Crippen LogP contribution in [-0.2, 0) is 71.7 Å². The van der Waals surface area contributed by atoms with E-state index in [0.717, 1.165) is 93.3 Å². The summed E-state index contributed by atoms with van der Waals surface area (Å²) < 4.78 is 62.4. The van der Waals surface area contributed by atoms with Gasteiger partial charge in [-0.15, -0.1) is 0 Å². The zero-order chi connectivity index (χ0) is 73.5. The van der Waals surface area contributed by atoms with Crippen molar-refractivity contribution in [1.82, 2.24) is 0 Å². The number of ether oxygens (including phenoxy) is 6. The molecule has 18 aliphatic carbocycles. The van der Waals surface area contributed by atoms with Crippen LogP contribution >= 0.6 is 0 Å². The molecule has 0 aromatic carbocycles. The van der Waals surface area contributed by atoms with Crippen molar-refractivity contribution in [1.29, 1.82) is 0 Å². The average molecular weight is 1410 g/mol. The topological polar surface area (TPSA) is 227 Å². The van der Waals surface area contributed by atoms with Crippen LogP contribution in [0.15, 0.2) is 72.9 Å². The van der Waals surface area contributed by atoms with E-state index in [1.807, 2.05) is 6.92 Å². The van der Waals surface area contributed by atoms with Gasteiger partial charge in [-0.2, -0.15) is 8.42 Å². The Kier molecular flexibility index (Phi) is 24.6. The summed E-state index contributed by atoms with van der Waals surface area (Å²) in [5, 5.41) is 5.08. The van der Waals surface area contributed by atoms with Gasteiger partial charge in [-0.3, -0.25) is 4.18 Å². The second kappa shape index (κ2) is 31.1. The van der Waals surface area contributed by atoms with Crippen molar-refractivity contribution in [2.24, 2.45) is 93.9 Å². The highest BCUT2D eigenvalue weighted by Gasteiger charge is 2.64. The summed E-state index contributed by atoms with van der Waals surface area (Å²) in [5.41, 5.74) is 0.570. The molecule has 18 saturated carbocycles. The van der Waals surface area contributed by atoms with Gasteiger partial charge in [-0.05, 0) is 337 Å². The van der Waals surface area contributed by atoms with Gasteiger partial charge >= 0.3 is 46.1 Å². The summed E-state index contributed by atoms with van der Waals surface area (Å²) in [7, 11) is -4.02. The van der Waals surface area contributed by atoms with Crippen LogP contribution in [0.3, 0.4) is 0 Å². The molecule has 0 aromatic heterocycles. The van der Waals surface area contributed by atoms with Gasteiger partial charge in [-0.25, -0.2) is 33.9 Å². The first kappa shape index (κ1) is 79.3. The van der Waals surface area contributed by atoms with Crippen LogP contribution in [0.4, 0.5) is 0 Å². The third-order valence-corrected chi connectivity index (χ3v) is 27.7. The summed E-state index contributed by atoms with van der Waals surface area (Å²) in [5.74, 6) is 8.66. The molecule has 16 nitrogen and oxygen atoms in total. The minimum atomic E-state index is -4.02. The molecular weight excluding hydrogens is 1280 g/mol. The molecule has 0 aliphatic heterocycles. The van der Waals surface area contributed by atoms with Gasteiger partial charge in [0.05, 0.1) is 5.60 Å². The highest BCUT2D eigenvalue weighted by molar-refractivity contribution is 7.84. The minimum absolute atomic E-state index is 0.163. The zero-order valence-electron chi connectivity index (χ0n) is 63.4. The Hall–Kier alpha value is -4.87. The van der Waals surface area contributed by atoms with Gasteiger partial charge in [0.25, 0.3) is 0 Å². The van der Waals surface area contributed by atoms with Crippen molar-refractivity contribution in [2.45, 2.75) is 321 Å². The molecule has 0 saturated heterocycles. The quantitative estimate of drug-likeness (QED) is 0.0811. The second-order valence-corrected chi connectivity index (χ2v) is 36.9. The van der Waals surface area contributed by atoms with E-state index < -0.39 is 27.5 Å². The van der Waals surface area contributed by atoms with Gasteiger partial charge in [-0.1, -0.05) is 67.2 Å². The van der Waals surface area contributed by atoms with E-state index in [0.29, 0.717) is 106 Å². The molecule has 0 spiro atoms. The maximum absolute atomic E-state index is 12.1. The van der Waals surface area contributed by atoms with Crippen LogP contribution in [0.2, 0.25) is 0 Å². The molecule has 0 amide bonds. The Bertz CT molecular complexity index is 3150. The van der Waals surface area contributed by atoms with Gasteiger partial charge < -0.3 is 28.4 Å². The normalized spacial score (nSPS) is 38.0. The third kappa shape index (κ3) is 17.7. The van der Waals surface area contributed by atoms with Crippen LogP contribution in [0, 0.1) is 88.8 Å². The fourth-order valence-corrected chi connectivity index (χ4v) is 23.9. The summed E-state index contributed by atoms with van der Waals surface area (Å²) in [6.45, 7) is 45.1. The smallest absolute Gasteiger partial charge is 0.333 e. The molecule has 2 N–H and O–H groups in total. The predicted molar refractivity (Wildman–Crippen MR) is 388 cm³/mol. The van der Waals surface area contributed by atoms with Crippen molar-refractivity contribution < 1.29 is 69.8 Å². The average Bonchev–Trinajstić information content (AvgIpc) is 0.840. The Balaban J connectivity index is 0.000000141. The minimum Gasteiger partial charge on any atom is -0.456 e. The highest BCUT2D eigenvalue weighted by atomic mass is 32.2. The number of esters is 6. The lowest BCUT2D eigenvalue weighted by Gasteiger charge is -2.61. The molecule has 2 atom stereocenters. The fraction of sp³-hybridized carbons (Fsp3) is 0.783. The third-order valence-electron chi connectivity index (χ3n) is 27.1. The zero-order valence-corrected chi connectivity index (χ0v) is 64.2. The van der Waals surface area contributed by atoms with Crippen molar-refractivity contribution in [3.05, 3.63) is 72.9 Å². The second-order valence-electron chi connectivity index (χ2n) is 35.7. The Labute approximate surface area is 601 Å². The fourth-order valence-electron chi connectivity index (χ4n) is 23.2. The van der Waals surface area contributed by atoms with E-state index in [4.69, 9.17) is 37.7 Å². The summed E-state index contributed by atoms with van der Waals surface area (Å²) in [4.78, 5) is 70.4. The Morgan fingerprint density at radius 3 is 1.09 bits per heavy atom. The van der Waals surface area contributed by atoms with Gasteiger partial charge in [0.2, 0.25) is 0 Å². The summed E-state index contributed by atoms with van der Waals surface area (Å²) in [6, 6.07) is 0. The highest BCUT2D eigenvalue weighted by Crippen LogP contribution is 2.65. The summed E-state index contributed by atoms with van der Waals surface area (Å²) >= 11 is 0. The molecule has 0 radical (unpaired) electrons. The number of rotatable bonds is 17. The maximum Gasteiger partial charge on any atom is 0.333 e. The Morgan fingerprint density at radius 2 is 0.720 bits per heavy atom. The molecule has 560 valence electrons. The van der Waals surface area contributed by atoms with Crippen molar-refractivity contribution in [3.63, 3.8) is 0 Å². The Morgan fingerprint density at radius 1 is 0.400 bits per heavy atom. The molecular formula is C83H127NO15S. The van der Waals surface area contributed by atoms with E-state index in [2.05, 4.69) is 74.1 Å². The predicted octanol–water partition coefficient (Wildman–Crippen LogP) is 17.7. The van der Waals surface area contributed by atoms with E-state index in [1.165, 1.54) is 122 Å². The first-order valence-electron chi connectivity index (χ1n) is 38.8. The molecule has 2 unspecified atom stereocenters. The first-order valence-corrected chi connectivity index (χ1v) is 40.2. The van der Waals surface area contributed by atoms with Crippen LogP contribution < -0.4 is 5.14 Å². The van der Waals surface area contributed by atoms with Crippen LogP contribution in [-0.4, -0.2) is 83.4 Å². The SMILES string of the molecule is C=C(C)C(=O)OC1(C(C)C)C2CC3CC(C2)CC1C3.C=C(C)C(=O)OC1(C)C2CC3CC(C2)CC1C3.C=C(C)C(=O)OC1(C)CCCC1.C=C(C)C(=O)OC1(CC)C2CC3CC(C2)CC1C3.C=C(C)C(=O)OC1(CC)CCCC1.C=C(C)C(=O)OC12CC3CC(C1)CC(OS(N)(=O)=O)(C3)C2. The standard InChI is InChI=1S/C17H26O2.C16H24O2.C15H22O2.C14H21NO5S.C11H18O2.C10H16O2/c1-10(2)16(18)19-17(11(3)4)14-6-12-5-13(8-14)9-15(17)7-12;1-4-16(18-15(17)10(2)3)13-6-11-5-12(8-13)9-14(16)7-11;1-9(2)14(16)17-15(3)12-5-10-4-11(7-12)8-13(15)6-10;1-9(2)12(16)19-13-4-10-3-11(5-13)7-14(6-10,8-13)20-21(15,17)18;1-4-11(7-5-6-8-11)13-10(12)9(2)3;1-8(2)9(11)12-10(3)6-4-5-7-10/h11-15H,1,5-9H2,2-4H3;11-14H,2,4-9H2,1,3H3;10-13H,1,4-8H2,2-3H3;10-11H,1,3-8H2,2H3,(H2,15,17,18);2,4-8H2,1,3H3;1,4-7H2,2-3H3. The monoisotopic (exact) mass is 1410 g/mol. The van der Waals surface area contributed by atoms with Gasteiger partial charge in [0.1, 0.15) is 33.6 Å². The lowest BCUT2D eigenvalue weighted by Crippen LogP contribution is -2.62. The van der Waals surface area contributed by atoms with Crippen molar-refractivity contribution >= 4 is 46.1 Å². The van der Waals surface area contributed by atoms with Crippen molar-refractivity contribution in [3.8, 4) is 0 Å². The number of hydrogen-bond donors (Lipinski definition) is 1. The molecule has 18 rings (SSSR count). The van der Waals surface area contributed by atoms with Crippen LogP contribution in [0.5, 0.6) is 0 Å². The van der Waals surface area contributed by atoms with Gasteiger partial charge in [0, 0.05) is 39.9 Å². The molecule has 17 heteroatoms. The number of nitrogens with two attached hydrogens (primary N) is 1. The number of hydrogen-bond acceptors (Lipinski definition) is 15.